The van der Waals surface area contributed by atoms with Crippen molar-refractivity contribution in [2.75, 3.05) is 7.11 Å². The molecule has 0 N–H and O–H groups in total. The van der Waals surface area contributed by atoms with Crippen molar-refractivity contribution in [3.05, 3.63) is 29.5 Å². The van der Waals surface area contributed by atoms with E-state index in [1.165, 1.54) is 11.8 Å². The van der Waals surface area contributed by atoms with Gasteiger partial charge in [-0.05, 0) is 6.07 Å². The van der Waals surface area contributed by atoms with Crippen molar-refractivity contribution in [2.45, 2.75) is 10.6 Å². The fourth-order valence-electron chi connectivity index (χ4n) is 2.61. The summed E-state index contributed by atoms with van der Waals surface area (Å²) < 4.78 is 31.6. The first-order valence-corrected chi connectivity index (χ1v) is 7.56. The smallest absolute Gasteiger partial charge is 0.187 e. The number of methoxy groups -OCH3 is 1. The van der Waals surface area contributed by atoms with E-state index in [1.807, 2.05) is 0 Å². The lowest BCUT2D eigenvalue weighted by Gasteiger charge is -2.20. The van der Waals surface area contributed by atoms with Gasteiger partial charge in [-0.1, -0.05) is 12.1 Å². The Bertz CT molecular complexity index is 821. The van der Waals surface area contributed by atoms with E-state index >= 15 is 0 Å². The monoisotopic (exact) mass is 292 g/mol. The largest absolute Gasteiger partial charge is 0.495 e. The number of nitrogens with zero attached hydrogens (tertiary/aromatic N) is 2. The van der Waals surface area contributed by atoms with Crippen molar-refractivity contribution in [3.63, 3.8) is 0 Å². The second kappa shape index (κ2) is 4.17. The van der Waals surface area contributed by atoms with Crippen LogP contribution in [0.15, 0.2) is 23.1 Å². The first-order valence-electron chi connectivity index (χ1n) is 5.90. The van der Waals surface area contributed by atoms with Gasteiger partial charge in [0.05, 0.1) is 18.6 Å². The van der Waals surface area contributed by atoms with Gasteiger partial charge in [0, 0.05) is 18.2 Å². The Morgan fingerprint density at radius 3 is 2.80 bits per heavy atom. The Hall–Kier alpha value is -2.15. The van der Waals surface area contributed by atoms with Crippen LogP contribution >= 0.6 is 0 Å². The standard InChI is InChI=1S/C13H12N2O4S/c1-15-12-8-4-3-5-11(19-2)13(8)20(17,18)7-9(12)10(6-16)14-15/h3-6H,7H2,1-2H3. The number of rotatable bonds is 2. The van der Waals surface area contributed by atoms with Crippen LogP contribution in [-0.2, 0) is 22.6 Å². The molecule has 3 rings (SSSR count). The van der Waals surface area contributed by atoms with E-state index in [4.69, 9.17) is 4.74 Å². The molecule has 0 unspecified atom stereocenters. The highest BCUT2D eigenvalue weighted by Gasteiger charge is 2.35. The van der Waals surface area contributed by atoms with Crippen LogP contribution in [0.25, 0.3) is 11.3 Å². The molecular formula is C13H12N2O4S. The number of carbonyl (C=O) groups excluding carboxylic acids is 1. The van der Waals surface area contributed by atoms with Crippen LogP contribution in [0.3, 0.4) is 0 Å². The molecule has 0 amide bonds. The normalized spacial score (nSPS) is 15.3. The minimum atomic E-state index is -3.55. The van der Waals surface area contributed by atoms with Gasteiger partial charge in [0.25, 0.3) is 0 Å². The van der Waals surface area contributed by atoms with Crippen LogP contribution in [0.5, 0.6) is 5.75 Å². The summed E-state index contributed by atoms with van der Waals surface area (Å²) in [4.78, 5) is 11.2. The number of fused-ring (bicyclic) bond motifs is 3. The van der Waals surface area contributed by atoms with E-state index in [0.29, 0.717) is 28.9 Å². The second-order valence-electron chi connectivity index (χ2n) is 4.55. The van der Waals surface area contributed by atoms with Gasteiger partial charge in [0.2, 0.25) is 0 Å². The number of sulfone groups is 1. The first kappa shape index (κ1) is 12.9. The number of carbonyl (C=O) groups is 1. The molecule has 20 heavy (non-hydrogen) atoms. The van der Waals surface area contributed by atoms with Gasteiger partial charge in [0.1, 0.15) is 16.3 Å². The molecule has 2 heterocycles. The summed E-state index contributed by atoms with van der Waals surface area (Å²) in [6, 6.07) is 5.03. The number of benzene rings is 1. The van der Waals surface area contributed by atoms with Gasteiger partial charge in [-0.3, -0.25) is 9.48 Å². The zero-order valence-electron chi connectivity index (χ0n) is 11.0. The lowest BCUT2D eigenvalue weighted by molar-refractivity contribution is 0.111. The number of ether oxygens (including phenoxy) is 1. The third-order valence-corrected chi connectivity index (χ3v) is 5.10. The lowest BCUT2D eigenvalue weighted by Crippen LogP contribution is -2.15. The average Bonchev–Trinajstić information content (AvgIpc) is 2.73. The highest BCUT2D eigenvalue weighted by Crippen LogP contribution is 2.42. The Balaban J connectivity index is 2.45. The van der Waals surface area contributed by atoms with Gasteiger partial charge in [-0.2, -0.15) is 5.10 Å². The van der Waals surface area contributed by atoms with E-state index in [2.05, 4.69) is 5.10 Å². The third-order valence-electron chi connectivity index (χ3n) is 3.39. The van der Waals surface area contributed by atoms with Crippen molar-refractivity contribution < 1.29 is 17.9 Å². The minimum Gasteiger partial charge on any atom is -0.495 e. The zero-order valence-corrected chi connectivity index (χ0v) is 11.8. The fraction of sp³-hybridized carbons (Fsp3) is 0.231. The molecule has 0 atom stereocenters. The van der Waals surface area contributed by atoms with Gasteiger partial charge >= 0.3 is 0 Å². The second-order valence-corrected chi connectivity index (χ2v) is 6.48. The molecule has 0 bridgehead atoms. The molecule has 6 nitrogen and oxygen atoms in total. The van der Waals surface area contributed by atoms with E-state index in [9.17, 15) is 13.2 Å². The Morgan fingerprint density at radius 1 is 1.40 bits per heavy atom. The predicted octanol–water partition coefficient (Wildman–Crippen LogP) is 1.20. The zero-order chi connectivity index (χ0) is 14.5. The molecule has 1 aliphatic heterocycles. The number of hydrogen-bond donors (Lipinski definition) is 0. The molecule has 1 aromatic heterocycles. The summed E-state index contributed by atoms with van der Waals surface area (Å²) in [5, 5.41) is 4.07. The van der Waals surface area contributed by atoms with Crippen LogP contribution in [0, 0.1) is 0 Å². The van der Waals surface area contributed by atoms with Crippen molar-refractivity contribution in [1.82, 2.24) is 9.78 Å². The molecule has 1 aromatic carbocycles. The maximum atomic E-state index is 12.5. The van der Waals surface area contributed by atoms with Gasteiger partial charge in [0.15, 0.2) is 16.1 Å². The van der Waals surface area contributed by atoms with Crippen LogP contribution in [-0.4, -0.2) is 31.6 Å². The summed E-state index contributed by atoms with van der Waals surface area (Å²) in [7, 11) is -0.436. The number of hydrogen-bond acceptors (Lipinski definition) is 5. The Morgan fingerprint density at radius 2 is 2.15 bits per heavy atom. The number of aryl methyl sites for hydroxylation is 1. The topological polar surface area (TPSA) is 78.3 Å². The van der Waals surface area contributed by atoms with E-state index < -0.39 is 9.84 Å². The van der Waals surface area contributed by atoms with Crippen LogP contribution in [0.1, 0.15) is 16.1 Å². The molecular weight excluding hydrogens is 280 g/mol. The molecule has 104 valence electrons. The molecule has 0 saturated heterocycles. The Labute approximate surface area is 115 Å². The summed E-state index contributed by atoms with van der Waals surface area (Å²) in [6.45, 7) is 0. The summed E-state index contributed by atoms with van der Waals surface area (Å²) in [6.07, 6.45) is 0.583. The highest BCUT2D eigenvalue weighted by atomic mass is 32.2. The quantitative estimate of drug-likeness (QED) is 0.777. The molecule has 0 fully saturated rings. The summed E-state index contributed by atoms with van der Waals surface area (Å²) in [5.74, 6) is 0.0689. The molecule has 0 spiro atoms. The third kappa shape index (κ3) is 1.59. The van der Waals surface area contributed by atoms with Crippen LogP contribution in [0.2, 0.25) is 0 Å². The summed E-state index contributed by atoms with van der Waals surface area (Å²) in [5.41, 5.74) is 1.78. The van der Waals surface area contributed by atoms with Crippen molar-refractivity contribution in [3.8, 4) is 17.0 Å². The molecule has 0 radical (unpaired) electrons. The van der Waals surface area contributed by atoms with Crippen LogP contribution in [0.4, 0.5) is 0 Å². The summed E-state index contributed by atoms with van der Waals surface area (Å²) >= 11 is 0. The molecule has 0 saturated carbocycles. The Kier molecular flexibility index (Phi) is 2.68. The van der Waals surface area contributed by atoms with E-state index in [0.717, 1.165) is 0 Å². The maximum Gasteiger partial charge on any atom is 0.187 e. The van der Waals surface area contributed by atoms with E-state index in [1.54, 1.807) is 25.2 Å². The minimum absolute atomic E-state index is 0.162. The van der Waals surface area contributed by atoms with Crippen molar-refractivity contribution >= 4 is 16.1 Å². The van der Waals surface area contributed by atoms with Crippen molar-refractivity contribution in [1.29, 1.82) is 0 Å². The first-order chi connectivity index (χ1) is 9.49. The lowest BCUT2D eigenvalue weighted by atomic mass is 10.1. The van der Waals surface area contributed by atoms with E-state index in [-0.39, 0.29) is 16.3 Å². The number of aromatic nitrogens is 2. The van der Waals surface area contributed by atoms with Gasteiger partial charge in [-0.15, -0.1) is 0 Å². The molecule has 2 aromatic rings. The highest BCUT2D eigenvalue weighted by molar-refractivity contribution is 7.91. The number of aldehydes is 1. The SMILES string of the molecule is COc1cccc2c1S(=O)(=O)Cc1c(C=O)nn(C)c1-2. The fourth-order valence-corrected chi connectivity index (χ4v) is 4.38. The van der Waals surface area contributed by atoms with Gasteiger partial charge in [-0.25, -0.2) is 8.42 Å². The van der Waals surface area contributed by atoms with Crippen molar-refractivity contribution in [2.24, 2.45) is 7.05 Å². The molecule has 7 heteroatoms. The predicted molar refractivity (Wildman–Crippen MR) is 71.5 cm³/mol. The average molecular weight is 292 g/mol. The molecule has 1 aliphatic rings. The van der Waals surface area contributed by atoms with Gasteiger partial charge < -0.3 is 4.74 Å². The van der Waals surface area contributed by atoms with Crippen LogP contribution < -0.4 is 4.74 Å². The maximum absolute atomic E-state index is 12.5. The molecule has 0 aliphatic carbocycles.